The van der Waals surface area contributed by atoms with Crippen LogP contribution in [-0.4, -0.2) is 11.4 Å². The molecule has 2 rings (SSSR count). The van der Waals surface area contributed by atoms with Gasteiger partial charge in [-0.15, -0.1) is 0 Å². The van der Waals surface area contributed by atoms with E-state index in [1.54, 1.807) is 0 Å². The molecule has 0 spiro atoms. The number of carbonyl (C=O) groups is 1. The molecule has 0 atom stereocenters. The highest BCUT2D eigenvalue weighted by molar-refractivity contribution is 5.86. The number of rotatable bonds is 2. The van der Waals surface area contributed by atoms with Gasteiger partial charge in [-0.2, -0.15) is 5.26 Å². The van der Waals surface area contributed by atoms with Gasteiger partial charge in [0.1, 0.15) is 5.41 Å². The zero-order chi connectivity index (χ0) is 10.2. The summed E-state index contributed by atoms with van der Waals surface area (Å²) in [5.74, 6) is -0.0301. The Morgan fingerprint density at radius 1 is 1.29 bits per heavy atom. The molecule has 3 nitrogen and oxygen atoms in total. The van der Waals surface area contributed by atoms with E-state index in [-0.39, 0.29) is 11.4 Å². The summed E-state index contributed by atoms with van der Waals surface area (Å²) in [6.45, 7) is 2.05. The van der Waals surface area contributed by atoms with Crippen LogP contribution < -0.4 is 5.32 Å². The molecular weight excluding hydrogens is 176 g/mol. The van der Waals surface area contributed by atoms with Crippen molar-refractivity contribution in [3.63, 3.8) is 0 Å². The van der Waals surface area contributed by atoms with Crippen LogP contribution in [0, 0.1) is 16.7 Å². The molecule has 0 saturated heterocycles. The minimum Gasteiger partial charge on any atom is -0.350 e. The Morgan fingerprint density at radius 2 is 1.86 bits per heavy atom. The molecule has 2 aliphatic rings. The number of hydrogen-bond acceptors (Lipinski definition) is 2. The maximum Gasteiger partial charge on any atom is 0.240 e. The maximum absolute atomic E-state index is 11.9. The van der Waals surface area contributed by atoms with Crippen LogP contribution in [-0.2, 0) is 4.79 Å². The highest BCUT2D eigenvalue weighted by atomic mass is 16.2. The maximum atomic E-state index is 11.9. The van der Waals surface area contributed by atoms with E-state index in [1.807, 2.05) is 6.92 Å². The summed E-state index contributed by atoms with van der Waals surface area (Å²) in [4.78, 5) is 11.9. The average Bonchev–Trinajstić information content (AvgIpc) is 2.72. The Balaban J connectivity index is 2.05. The van der Waals surface area contributed by atoms with E-state index in [9.17, 15) is 4.79 Å². The van der Waals surface area contributed by atoms with E-state index < -0.39 is 5.41 Å². The Morgan fingerprint density at radius 3 is 2.29 bits per heavy atom. The largest absolute Gasteiger partial charge is 0.350 e. The molecule has 0 aromatic heterocycles. The minimum absolute atomic E-state index is 0.00350. The van der Waals surface area contributed by atoms with E-state index in [1.165, 1.54) is 0 Å². The lowest BCUT2D eigenvalue weighted by Gasteiger charge is -2.22. The Bertz CT molecular complexity index is 293. The zero-order valence-corrected chi connectivity index (χ0v) is 8.60. The first-order valence-corrected chi connectivity index (χ1v) is 5.34. The summed E-state index contributed by atoms with van der Waals surface area (Å²) in [5, 5.41) is 12.1. The fourth-order valence-corrected chi connectivity index (χ4v) is 2.07. The lowest BCUT2D eigenvalue weighted by atomic mass is 9.86. The second kappa shape index (κ2) is 2.98. The van der Waals surface area contributed by atoms with Gasteiger partial charge in [0, 0.05) is 5.54 Å². The Labute approximate surface area is 84.5 Å². The smallest absolute Gasteiger partial charge is 0.240 e. The van der Waals surface area contributed by atoms with Crippen molar-refractivity contribution in [3.8, 4) is 6.07 Å². The third-order valence-electron chi connectivity index (χ3n) is 3.52. The number of nitrogens with one attached hydrogen (secondary N) is 1. The summed E-state index contributed by atoms with van der Waals surface area (Å²) in [6, 6.07) is 2.22. The van der Waals surface area contributed by atoms with Crippen LogP contribution in [0.15, 0.2) is 0 Å². The quantitative estimate of drug-likeness (QED) is 0.724. The third-order valence-corrected chi connectivity index (χ3v) is 3.52. The molecule has 76 valence electrons. The van der Waals surface area contributed by atoms with Crippen LogP contribution in [0.5, 0.6) is 0 Å². The van der Waals surface area contributed by atoms with Gasteiger partial charge >= 0.3 is 0 Å². The van der Waals surface area contributed by atoms with Crippen LogP contribution in [0.25, 0.3) is 0 Å². The van der Waals surface area contributed by atoms with Crippen molar-refractivity contribution in [1.82, 2.24) is 5.32 Å². The van der Waals surface area contributed by atoms with E-state index in [2.05, 4.69) is 11.4 Å². The predicted molar refractivity (Wildman–Crippen MR) is 52.3 cm³/mol. The highest BCUT2D eigenvalue weighted by Crippen LogP contribution is 2.41. The van der Waals surface area contributed by atoms with E-state index in [0.717, 1.165) is 38.5 Å². The van der Waals surface area contributed by atoms with Gasteiger partial charge in [-0.05, 0) is 32.6 Å². The van der Waals surface area contributed by atoms with Crippen molar-refractivity contribution in [2.45, 2.75) is 51.0 Å². The molecule has 0 unspecified atom stereocenters. The predicted octanol–water partition coefficient (Wildman–Crippen LogP) is 1.74. The molecule has 0 bridgehead atoms. The van der Waals surface area contributed by atoms with Crippen LogP contribution >= 0.6 is 0 Å². The van der Waals surface area contributed by atoms with Crippen LogP contribution in [0.1, 0.15) is 45.4 Å². The molecule has 0 heterocycles. The molecule has 3 heteroatoms. The number of carbonyl (C=O) groups excluding carboxylic acids is 1. The van der Waals surface area contributed by atoms with Crippen molar-refractivity contribution in [2.75, 3.05) is 0 Å². The normalized spacial score (nSPS) is 26.6. The summed E-state index contributed by atoms with van der Waals surface area (Å²) in [7, 11) is 0. The third kappa shape index (κ3) is 1.50. The second-order valence-electron chi connectivity index (χ2n) is 4.92. The summed E-state index contributed by atoms with van der Waals surface area (Å²) in [6.07, 6.45) is 5.62. The number of amides is 1. The summed E-state index contributed by atoms with van der Waals surface area (Å²) < 4.78 is 0. The molecule has 2 fully saturated rings. The van der Waals surface area contributed by atoms with Crippen LogP contribution in [0.2, 0.25) is 0 Å². The van der Waals surface area contributed by atoms with Crippen molar-refractivity contribution in [3.05, 3.63) is 0 Å². The van der Waals surface area contributed by atoms with Crippen molar-refractivity contribution >= 4 is 5.91 Å². The minimum atomic E-state index is -0.703. The fourth-order valence-electron chi connectivity index (χ4n) is 2.07. The SMILES string of the molecule is CC1(NC(=O)C2(C#N)CCCC2)CC1. The first kappa shape index (κ1) is 9.51. The van der Waals surface area contributed by atoms with Gasteiger partial charge in [-0.1, -0.05) is 12.8 Å². The lowest BCUT2D eigenvalue weighted by molar-refractivity contribution is -0.128. The molecule has 0 aliphatic heterocycles. The van der Waals surface area contributed by atoms with Crippen LogP contribution in [0.3, 0.4) is 0 Å². The molecule has 1 N–H and O–H groups in total. The van der Waals surface area contributed by atoms with Crippen LogP contribution in [0.4, 0.5) is 0 Å². The van der Waals surface area contributed by atoms with Gasteiger partial charge < -0.3 is 5.32 Å². The zero-order valence-electron chi connectivity index (χ0n) is 8.60. The Kier molecular flexibility index (Phi) is 2.02. The molecule has 0 aromatic carbocycles. The number of nitriles is 1. The average molecular weight is 192 g/mol. The molecule has 0 aromatic rings. The van der Waals surface area contributed by atoms with Crippen molar-refractivity contribution in [1.29, 1.82) is 5.26 Å². The molecule has 14 heavy (non-hydrogen) atoms. The molecule has 2 aliphatic carbocycles. The molecule has 0 radical (unpaired) electrons. The Hall–Kier alpha value is -1.04. The van der Waals surface area contributed by atoms with Gasteiger partial charge in [0.25, 0.3) is 0 Å². The van der Waals surface area contributed by atoms with Crippen molar-refractivity contribution in [2.24, 2.45) is 5.41 Å². The highest BCUT2D eigenvalue weighted by Gasteiger charge is 2.47. The topological polar surface area (TPSA) is 52.9 Å². The first-order chi connectivity index (χ1) is 6.60. The van der Waals surface area contributed by atoms with E-state index in [0.29, 0.717) is 0 Å². The fraction of sp³-hybridized carbons (Fsp3) is 0.818. The van der Waals surface area contributed by atoms with Gasteiger partial charge in [-0.25, -0.2) is 0 Å². The second-order valence-corrected chi connectivity index (χ2v) is 4.92. The standard InChI is InChI=1S/C11H16N2O/c1-10(6-7-10)13-9(14)11(8-12)4-2-3-5-11/h2-7H2,1H3,(H,13,14). The van der Waals surface area contributed by atoms with Gasteiger partial charge in [-0.3, -0.25) is 4.79 Å². The monoisotopic (exact) mass is 192 g/mol. The number of hydrogen-bond donors (Lipinski definition) is 1. The summed E-state index contributed by atoms with van der Waals surface area (Å²) >= 11 is 0. The van der Waals surface area contributed by atoms with Gasteiger partial charge in [0.05, 0.1) is 6.07 Å². The first-order valence-electron chi connectivity index (χ1n) is 5.34. The molecule has 1 amide bonds. The lowest BCUT2D eigenvalue weighted by Crippen LogP contribution is -2.43. The summed E-state index contributed by atoms with van der Waals surface area (Å²) in [5.41, 5.74) is -0.699. The molecular formula is C11H16N2O. The number of nitrogens with zero attached hydrogens (tertiary/aromatic N) is 1. The van der Waals surface area contributed by atoms with Crippen molar-refractivity contribution < 1.29 is 4.79 Å². The molecule has 2 saturated carbocycles. The van der Waals surface area contributed by atoms with E-state index >= 15 is 0 Å². The van der Waals surface area contributed by atoms with Gasteiger partial charge in [0.15, 0.2) is 0 Å². The van der Waals surface area contributed by atoms with E-state index in [4.69, 9.17) is 5.26 Å². The van der Waals surface area contributed by atoms with Gasteiger partial charge in [0.2, 0.25) is 5.91 Å².